The number of allylic oxidation sites excluding steroid dienone is 2. The summed E-state index contributed by atoms with van der Waals surface area (Å²) < 4.78 is 11.0. The highest BCUT2D eigenvalue weighted by Gasteiger charge is 2.38. The van der Waals surface area contributed by atoms with Crippen LogP contribution in [0.15, 0.2) is 54.8 Å². The molecule has 27 heavy (non-hydrogen) atoms. The average molecular weight is 371 g/mol. The predicted octanol–water partition coefficient (Wildman–Crippen LogP) is 2.52. The number of rotatable bonds is 6. The molecule has 2 amide bonds. The first kappa shape index (κ1) is 19.0. The molecule has 3 N–H and O–H groups in total. The van der Waals surface area contributed by atoms with Crippen molar-refractivity contribution in [2.75, 3.05) is 6.61 Å². The Balaban J connectivity index is 1.49. The van der Waals surface area contributed by atoms with E-state index in [0.717, 1.165) is 18.4 Å². The van der Waals surface area contributed by atoms with Crippen molar-refractivity contribution in [3.8, 4) is 0 Å². The molecule has 1 aliphatic heterocycles. The summed E-state index contributed by atoms with van der Waals surface area (Å²) in [7, 11) is 0. The Hall–Kier alpha value is -2.80. The lowest BCUT2D eigenvalue weighted by Gasteiger charge is -2.32. The third-order valence-corrected chi connectivity index (χ3v) is 4.69. The average Bonchev–Trinajstić information content (AvgIpc) is 3.24. The number of dihydropyridines is 1. The zero-order chi connectivity index (χ0) is 19.0. The van der Waals surface area contributed by atoms with Crippen molar-refractivity contribution in [1.82, 2.24) is 16.2 Å². The number of carbonyl (C=O) groups excluding carboxylic acids is 2. The van der Waals surface area contributed by atoms with Crippen LogP contribution in [-0.4, -0.2) is 24.3 Å². The second kappa shape index (κ2) is 9.23. The first-order chi connectivity index (χ1) is 13.2. The Kier molecular flexibility index (Phi) is 6.49. The van der Waals surface area contributed by atoms with Crippen LogP contribution in [-0.2, 0) is 20.9 Å². The smallest absolute Gasteiger partial charge is 0.426 e. The molecule has 144 valence electrons. The summed E-state index contributed by atoms with van der Waals surface area (Å²) >= 11 is 0. The van der Waals surface area contributed by atoms with E-state index in [2.05, 4.69) is 16.2 Å². The number of amides is 2. The molecule has 0 radical (unpaired) electrons. The number of benzene rings is 1. The first-order valence-electron chi connectivity index (χ1n) is 9.21. The Bertz CT molecular complexity index is 698. The Morgan fingerprint density at radius 1 is 1.11 bits per heavy atom. The zero-order valence-electron chi connectivity index (χ0n) is 15.1. The summed E-state index contributed by atoms with van der Waals surface area (Å²) in [6.45, 7) is 0.601. The number of carbonyl (C=O) groups is 2. The number of hydrogen-bond acceptors (Lipinski definition) is 5. The molecule has 1 aliphatic carbocycles. The lowest BCUT2D eigenvalue weighted by molar-refractivity contribution is -0.146. The number of ether oxygens (including phenoxy) is 2. The van der Waals surface area contributed by atoms with Gasteiger partial charge < -0.3 is 14.8 Å². The van der Waals surface area contributed by atoms with Crippen LogP contribution in [0.4, 0.5) is 4.79 Å². The van der Waals surface area contributed by atoms with Gasteiger partial charge in [0.05, 0.1) is 6.61 Å². The highest BCUT2D eigenvalue weighted by Crippen LogP contribution is 2.26. The van der Waals surface area contributed by atoms with Crippen LogP contribution in [0.1, 0.15) is 31.2 Å². The van der Waals surface area contributed by atoms with Crippen LogP contribution in [0.5, 0.6) is 0 Å². The maximum Gasteiger partial charge on any atom is 0.426 e. The van der Waals surface area contributed by atoms with Gasteiger partial charge in [-0.05, 0) is 42.7 Å². The molecule has 0 saturated heterocycles. The van der Waals surface area contributed by atoms with Gasteiger partial charge in [0.25, 0.3) is 5.91 Å². The molecule has 1 aromatic rings. The molecule has 2 aliphatic rings. The van der Waals surface area contributed by atoms with E-state index in [1.54, 1.807) is 24.4 Å². The van der Waals surface area contributed by atoms with E-state index in [-0.39, 0.29) is 6.61 Å². The Morgan fingerprint density at radius 3 is 2.59 bits per heavy atom. The van der Waals surface area contributed by atoms with Gasteiger partial charge in [-0.2, -0.15) is 0 Å². The van der Waals surface area contributed by atoms with Crippen LogP contribution in [0.25, 0.3) is 0 Å². The van der Waals surface area contributed by atoms with E-state index >= 15 is 0 Å². The number of hydrazine groups is 1. The van der Waals surface area contributed by atoms with Crippen molar-refractivity contribution in [3.63, 3.8) is 0 Å². The molecular formula is C20H25N3O4. The summed E-state index contributed by atoms with van der Waals surface area (Å²) in [5.41, 5.74) is 4.15. The van der Waals surface area contributed by atoms with Crippen LogP contribution < -0.4 is 16.2 Å². The third kappa shape index (κ3) is 5.34. The minimum Gasteiger partial charge on any atom is -0.443 e. The standard InChI is InChI=1S/C20H25N3O4/c24-18(22-23-19(25)26-14-16-8-2-1-3-9-16)20(12-6-7-13-21-20)27-15-17-10-4-5-11-17/h1-3,6-9,12-13,17,21H,4-5,10-11,14-15H2,(H,22,24)(H,23,25). The molecule has 1 fully saturated rings. The van der Waals surface area contributed by atoms with Crippen molar-refractivity contribution < 1.29 is 19.1 Å². The van der Waals surface area contributed by atoms with Gasteiger partial charge in [0.15, 0.2) is 0 Å². The van der Waals surface area contributed by atoms with Gasteiger partial charge >= 0.3 is 6.09 Å². The molecule has 7 nitrogen and oxygen atoms in total. The maximum absolute atomic E-state index is 12.6. The van der Waals surface area contributed by atoms with Gasteiger partial charge in [-0.1, -0.05) is 49.2 Å². The lowest BCUT2D eigenvalue weighted by Crippen LogP contribution is -2.60. The maximum atomic E-state index is 12.6. The van der Waals surface area contributed by atoms with E-state index in [0.29, 0.717) is 12.5 Å². The van der Waals surface area contributed by atoms with Crippen LogP contribution in [0.2, 0.25) is 0 Å². The molecular weight excluding hydrogens is 346 g/mol. The van der Waals surface area contributed by atoms with Crippen molar-refractivity contribution >= 4 is 12.0 Å². The van der Waals surface area contributed by atoms with Crippen molar-refractivity contribution in [1.29, 1.82) is 0 Å². The fraction of sp³-hybridized carbons (Fsp3) is 0.400. The summed E-state index contributed by atoms with van der Waals surface area (Å²) in [6, 6.07) is 9.30. The highest BCUT2D eigenvalue weighted by atomic mass is 16.6. The van der Waals surface area contributed by atoms with Gasteiger partial charge in [0.1, 0.15) is 6.61 Å². The lowest BCUT2D eigenvalue weighted by atomic mass is 10.1. The third-order valence-electron chi connectivity index (χ3n) is 4.69. The quantitative estimate of drug-likeness (QED) is 0.669. The van der Waals surface area contributed by atoms with Crippen LogP contribution in [0.3, 0.4) is 0 Å². The van der Waals surface area contributed by atoms with Gasteiger partial charge in [-0.25, -0.2) is 10.2 Å². The number of hydrogen-bond donors (Lipinski definition) is 3. The molecule has 1 heterocycles. The van der Waals surface area contributed by atoms with Gasteiger partial charge in [-0.15, -0.1) is 0 Å². The Morgan fingerprint density at radius 2 is 1.89 bits per heavy atom. The largest absolute Gasteiger partial charge is 0.443 e. The van der Waals surface area contributed by atoms with E-state index in [4.69, 9.17) is 9.47 Å². The summed E-state index contributed by atoms with van der Waals surface area (Å²) in [5, 5.41) is 2.94. The van der Waals surface area contributed by atoms with Crippen molar-refractivity contribution in [3.05, 3.63) is 60.3 Å². The summed E-state index contributed by atoms with van der Waals surface area (Å²) in [4.78, 5) is 24.5. The fourth-order valence-electron chi connectivity index (χ4n) is 3.15. The normalized spacial score (nSPS) is 21.5. The van der Waals surface area contributed by atoms with Crippen LogP contribution in [0, 0.1) is 5.92 Å². The SMILES string of the molecule is O=C(NNC(=O)C1(OCC2CCCC2)C=CC=CN1)OCc1ccccc1. The molecule has 0 bridgehead atoms. The van der Waals surface area contributed by atoms with E-state index in [1.165, 1.54) is 12.8 Å². The highest BCUT2D eigenvalue weighted by molar-refractivity contribution is 5.88. The van der Waals surface area contributed by atoms with Gasteiger partial charge in [0, 0.05) is 0 Å². The monoisotopic (exact) mass is 371 g/mol. The molecule has 1 aromatic carbocycles. The minimum absolute atomic E-state index is 0.118. The minimum atomic E-state index is -1.34. The topological polar surface area (TPSA) is 88.7 Å². The van der Waals surface area contributed by atoms with E-state index in [9.17, 15) is 9.59 Å². The van der Waals surface area contributed by atoms with E-state index < -0.39 is 17.7 Å². The van der Waals surface area contributed by atoms with Crippen molar-refractivity contribution in [2.45, 2.75) is 38.0 Å². The molecule has 3 rings (SSSR count). The molecule has 0 aromatic heterocycles. The second-order valence-corrected chi connectivity index (χ2v) is 6.70. The van der Waals surface area contributed by atoms with E-state index in [1.807, 2.05) is 30.3 Å². The van der Waals surface area contributed by atoms with Crippen molar-refractivity contribution in [2.24, 2.45) is 5.92 Å². The number of nitrogens with one attached hydrogen (secondary N) is 3. The van der Waals surface area contributed by atoms with Gasteiger partial charge in [-0.3, -0.25) is 10.2 Å². The second-order valence-electron chi connectivity index (χ2n) is 6.70. The summed E-state index contributed by atoms with van der Waals surface area (Å²) in [5.74, 6) is -0.0580. The Labute approximate surface area is 158 Å². The van der Waals surface area contributed by atoms with Crippen LogP contribution >= 0.6 is 0 Å². The first-order valence-corrected chi connectivity index (χ1v) is 9.21. The molecule has 7 heteroatoms. The molecule has 1 unspecified atom stereocenters. The zero-order valence-corrected chi connectivity index (χ0v) is 15.1. The van der Waals surface area contributed by atoms with Gasteiger partial charge in [0.2, 0.25) is 5.72 Å². The molecule has 0 spiro atoms. The fourth-order valence-corrected chi connectivity index (χ4v) is 3.15. The molecule has 1 saturated carbocycles. The predicted molar refractivity (Wildman–Crippen MR) is 100.0 cm³/mol. The molecule has 1 atom stereocenters. The summed E-state index contributed by atoms with van der Waals surface area (Å²) in [6.07, 6.45) is 10.7.